The minimum atomic E-state index is -1.37. The van der Waals surface area contributed by atoms with Crippen LogP contribution in [0.4, 0.5) is 0 Å². The summed E-state index contributed by atoms with van der Waals surface area (Å²) in [4.78, 5) is 50.3. The topological polar surface area (TPSA) is 116 Å². The molecule has 0 aromatic heterocycles. The number of aromatic carboxylic acids is 1. The van der Waals surface area contributed by atoms with Crippen molar-refractivity contribution in [1.82, 2.24) is 0 Å². The van der Waals surface area contributed by atoms with Crippen LogP contribution in [0.25, 0.3) is 11.1 Å². The molecule has 2 saturated carbocycles. The lowest BCUT2D eigenvalue weighted by Gasteiger charge is -2.33. The highest BCUT2D eigenvalue weighted by Gasteiger charge is 2.36. The van der Waals surface area contributed by atoms with E-state index in [2.05, 4.69) is 0 Å². The second kappa shape index (κ2) is 10.1. The minimum absolute atomic E-state index is 0.118. The van der Waals surface area contributed by atoms with Gasteiger partial charge in [0, 0.05) is 5.56 Å². The molecular weight excluding hydrogens is 464 g/mol. The van der Waals surface area contributed by atoms with Crippen LogP contribution < -0.4 is 9.47 Å². The molecule has 0 radical (unpaired) electrons. The molecule has 4 aliphatic heterocycles. The third-order valence-electron chi connectivity index (χ3n) is 7.47. The maximum Gasteiger partial charge on any atom is 0.340 e. The molecule has 8 heteroatoms. The summed E-state index contributed by atoms with van der Waals surface area (Å²) >= 11 is 0. The van der Waals surface area contributed by atoms with E-state index in [4.69, 9.17) is 14.2 Å². The first kappa shape index (κ1) is 24.0. The van der Waals surface area contributed by atoms with E-state index in [-0.39, 0.29) is 46.7 Å². The van der Waals surface area contributed by atoms with Gasteiger partial charge in [0.25, 0.3) is 0 Å². The fourth-order valence-electron chi connectivity index (χ4n) is 5.50. The fraction of sp³-hybridized carbons (Fsp3) is 0.429. The van der Waals surface area contributed by atoms with E-state index in [1.165, 1.54) is 6.07 Å². The lowest BCUT2D eigenvalue weighted by atomic mass is 9.82. The van der Waals surface area contributed by atoms with Crippen molar-refractivity contribution in [3.8, 4) is 22.6 Å². The van der Waals surface area contributed by atoms with Gasteiger partial charge in [-0.25, -0.2) is 4.79 Å². The van der Waals surface area contributed by atoms with Crippen molar-refractivity contribution in [2.45, 2.75) is 63.6 Å². The van der Waals surface area contributed by atoms with Crippen molar-refractivity contribution in [1.29, 1.82) is 0 Å². The highest BCUT2D eigenvalue weighted by molar-refractivity contribution is 6.04. The first-order valence-corrected chi connectivity index (χ1v) is 12.5. The molecule has 2 aromatic carbocycles. The molecule has 6 aliphatic rings. The molecule has 0 spiro atoms. The number of carboxylic acids is 1. The molecule has 0 unspecified atom stereocenters. The molecule has 188 valence electrons. The smallest absolute Gasteiger partial charge is 0.340 e. The van der Waals surface area contributed by atoms with Crippen molar-refractivity contribution in [3.63, 3.8) is 0 Å². The fourth-order valence-corrected chi connectivity index (χ4v) is 5.50. The van der Waals surface area contributed by atoms with Crippen LogP contribution in [0.15, 0.2) is 36.4 Å². The lowest BCUT2D eigenvalue weighted by Crippen LogP contribution is -2.34. The zero-order chi connectivity index (χ0) is 25.2. The molecule has 36 heavy (non-hydrogen) atoms. The molecule has 1 N–H and O–H groups in total. The zero-order valence-corrected chi connectivity index (χ0v) is 19.8. The number of hydrogen-bond acceptors (Lipinski definition) is 7. The quantitative estimate of drug-likeness (QED) is 0.368. The Labute approximate surface area is 208 Å². The van der Waals surface area contributed by atoms with Crippen LogP contribution >= 0.6 is 0 Å². The first-order valence-electron chi connectivity index (χ1n) is 12.5. The Morgan fingerprint density at radius 2 is 1.42 bits per heavy atom. The van der Waals surface area contributed by atoms with Crippen LogP contribution in [-0.2, 0) is 14.3 Å². The monoisotopic (exact) mass is 492 g/mol. The summed E-state index contributed by atoms with van der Waals surface area (Å²) in [5.41, 5.74) is 0.461. The van der Waals surface area contributed by atoms with E-state index in [1.54, 1.807) is 24.3 Å². The summed E-state index contributed by atoms with van der Waals surface area (Å²) in [6.45, 7) is 0. The van der Waals surface area contributed by atoms with Crippen molar-refractivity contribution < 1.29 is 38.5 Å². The van der Waals surface area contributed by atoms with Crippen LogP contribution in [0.3, 0.4) is 0 Å². The summed E-state index contributed by atoms with van der Waals surface area (Å²) in [5, 5.41) is 10.0. The van der Waals surface area contributed by atoms with E-state index in [1.807, 2.05) is 6.07 Å². The van der Waals surface area contributed by atoms with Gasteiger partial charge < -0.3 is 19.3 Å². The van der Waals surface area contributed by atoms with Gasteiger partial charge in [0.1, 0.15) is 17.4 Å². The third-order valence-corrected chi connectivity index (χ3v) is 7.47. The number of carbonyl (C=O) groups is 4. The predicted molar refractivity (Wildman–Crippen MR) is 128 cm³/mol. The van der Waals surface area contributed by atoms with Gasteiger partial charge in [0.05, 0.1) is 23.5 Å². The van der Waals surface area contributed by atoms with Crippen LogP contribution in [0.1, 0.15) is 72.1 Å². The van der Waals surface area contributed by atoms with Gasteiger partial charge in [-0.1, -0.05) is 30.3 Å². The largest absolute Gasteiger partial charge is 0.490 e. The van der Waals surface area contributed by atoms with Gasteiger partial charge in [-0.15, -0.1) is 0 Å². The van der Waals surface area contributed by atoms with Gasteiger partial charge in [-0.05, 0) is 63.0 Å². The Morgan fingerprint density at radius 1 is 0.833 bits per heavy atom. The second-order valence-electron chi connectivity index (χ2n) is 9.76. The summed E-state index contributed by atoms with van der Waals surface area (Å²) in [5.74, 6) is -2.80. The van der Waals surface area contributed by atoms with Gasteiger partial charge in [-0.2, -0.15) is 0 Å². The average Bonchev–Trinajstić information content (AvgIpc) is 2.89. The van der Waals surface area contributed by atoms with Crippen LogP contribution in [0.5, 0.6) is 11.5 Å². The van der Waals surface area contributed by atoms with E-state index >= 15 is 0 Å². The molecule has 4 heterocycles. The molecule has 0 saturated heterocycles. The predicted octanol–water partition coefficient (Wildman–Crippen LogP) is 4.82. The number of carbonyl (C=O) groups excluding carboxylic acids is 3. The van der Waals surface area contributed by atoms with Crippen LogP contribution in [0, 0.1) is 11.8 Å². The number of esters is 2. The highest BCUT2D eigenvalue weighted by Crippen LogP contribution is 2.45. The Kier molecular flexibility index (Phi) is 6.76. The van der Waals surface area contributed by atoms with Crippen LogP contribution in [0.2, 0.25) is 0 Å². The van der Waals surface area contributed by atoms with Gasteiger partial charge in [0.2, 0.25) is 0 Å². The lowest BCUT2D eigenvalue weighted by molar-refractivity contribution is -0.159. The number of benzene rings is 2. The molecule has 2 aliphatic carbocycles. The molecule has 8 nitrogen and oxygen atoms in total. The number of hydrogen-bond donors (Lipinski definition) is 1. The molecule has 8 rings (SSSR count). The van der Waals surface area contributed by atoms with Crippen molar-refractivity contribution in [2.75, 3.05) is 0 Å². The summed E-state index contributed by atoms with van der Waals surface area (Å²) < 4.78 is 18.0. The van der Waals surface area contributed by atoms with Crippen molar-refractivity contribution in [3.05, 3.63) is 47.5 Å². The summed E-state index contributed by atoms with van der Waals surface area (Å²) in [6.07, 6.45) is 4.50. The average molecular weight is 493 g/mol. The van der Waals surface area contributed by atoms with Gasteiger partial charge in [0.15, 0.2) is 12.0 Å². The molecular formula is C28H28O8. The van der Waals surface area contributed by atoms with E-state index in [9.17, 15) is 24.3 Å². The Bertz CT molecular complexity index is 1170. The Hall–Kier alpha value is -3.68. The standard InChI is InChI=1S/C28H28O8/c29-15-19-14-22-23(16-4-2-1-3-5-16)25(24(19)26(30)31)36-28(33)18-8-6-17(7-9-18)27(32)35-21-12-10-20(34-22)11-13-21/h1-5,14-15,17-18,20-21H,6-13H2,(H,30,31). The molecule has 0 amide bonds. The minimum Gasteiger partial charge on any atom is -0.490 e. The van der Waals surface area contributed by atoms with E-state index in [0.29, 0.717) is 68.8 Å². The second-order valence-corrected chi connectivity index (χ2v) is 9.76. The maximum absolute atomic E-state index is 13.3. The number of ether oxygens (including phenoxy) is 3. The number of aldehydes is 1. The highest BCUT2D eigenvalue weighted by atomic mass is 16.5. The van der Waals surface area contributed by atoms with Crippen molar-refractivity contribution in [2.24, 2.45) is 11.8 Å². The zero-order valence-electron chi connectivity index (χ0n) is 19.8. The SMILES string of the molecule is O=Cc1cc2c(-c3ccccc3)c(c1C(=O)O)OC(=O)C1CCC(CC1)C(=O)OC1CCC(CC1)O2. The van der Waals surface area contributed by atoms with Gasteiger partial charge in [-0.3, -0.25) is 14.4 Å². The maximum atomic E-state index is 13.3. The number of carboxylic acid groups (broad SMARTS) is 1. The Balaban J connectivity index is 1.67. The van der Waals surface area contributed by atoms with E-state index in [0.717, 1.165) is 0 Å². The van der Waals surface area contributed by atoms with E-state index < -0.39 is 17.9 Å². The van der Waals surface area contributed by atoms with Gasteiger partial charge >= 0.3 is 17.9 Å². The molecule has 0 atom stereocenters. The number of rotatable bonds is 3. The summed E-state index contributed by atoms with van der Waals surface area (Å²) in [7, 11) is 0. The van der Waals surface area contributed by atoms with Crippen molar-refractivity contribution >= 4 is 24.2 Å². The first-order chi connectivity index (χ1) is 17.4. The normalized spacial score (nSPS) is 26.0. The van der Waals surface area contributed by atoms with Crippen LogP contribution in [-0.4, -0.2) is 41.5 Å². The molecule has 2 aromatic rings. The Morgan fingerprint density at radius 3 is 2.00 bits per heavy atom. The molecule has 2 fully saturated rings. The summed E-state index contributed by atoms with van der Waals surface area (Å²) in [6, 6.07) is 10.4. The third kappa shape index (κ3) is 4.72. The molecule has 6 bridgehead atoms.